The van der Waals surface area contributed by atoms with Crippen molar-refractivity contribution in [1.82, 2.24) is 5.32 Å². The number of aliphatic carboxylic acids is 3. The number of hydrogen-bond donors (Lipinski definition) is 7. The molecule has 11 heteroatoms. The highest BCUT2D eigenvalue weighted by atomic mass is 16.4. The van der Waals surface area contributed by atoms with E-state index in [-0.39, 0.29) is 0 Å². The molecule has 0 saturated heterocycles. The lowest BCUT2D eigenvalue weighted by Crippen LogP contribution is -2.33. The zero-order valence-electron chi connectivity index (χ0n) is 11.2. The average molecular weight is 308 g/mol. The van der Waals surface area contributed by atoms with Gasteiger partial charge in [0.2, 0.25) is 0 Å². The number of nitrogens with one attached hydrogen (secondary N) is 1. The first-order chi connectivity index (χ1) is 9.57. The van der Waals surface area contributed by atoms with Crippen LogP contribution in [0, 0.1) is 0 Å². The van der Waals surface area contributed by atoms with Gasteiger partial charge in [-0.25, -0.2) is 4.79 Å². The quantitative estimate of drug-likeness (QED) is 0.240. The molecule has 0 aromatic rings. The highest BCUT2D eigenvalue weighted by Gasteiger charge is 2.14. The van der Waals surface area contributed by atoms with E-state index in [0.717, 1.165) is 0 Å². The van der Waals surface area contributed by atoms with Gasteiger partial charge in [0.05, 0.1) is 6.42 Å². The Morgan fingerprint density at radius 1 is 0.952 bits per heavy atom. The van der Waals surface area contributed by atoms with Crippen LogP contribution in [0.4, 0.5) is 4.79 Å². The van der Waals surface area contributed by atoms with Gasteiger partial charge >= 0.3 is 23.9 Å². The zero-order valence-corrected chi connectivity index (χ0v) is 11.2. The third kappa shape index (κ3) is 15.5. The molecule has 0 radical (unpaired) electrons. The van der Waals surface area contributed by atoms with Crippen molar-refractivity contribution in [3.8, 4) is 0 Å². The molecule has 0 fully saturated rings. The van der Waals surface area contributed by atoms with Crippen LogP contribution in [0.25, 0.3) is 0 Å². The summed E-state index contributed by atoms with van der Waals surface area (Å²) in [7, 11) is 0. The van der Waals surface area contributed by atoms with Crippen molar-refractivity contribution in [3.05, 3.63) is 0 Å². The molecule has 21 heavy (non-hydrogen) atoms. The van der Waals surface area contributed by atoms with Crippen LogP contribution in [0.5, 0.6) is 0 Å². The van der Waals surface area contributed by atoms with E-state index in [1.807, 2.05) is 0 Å². The predicted molar refractivity (Wildman–Crippen MR) is 70.3 cm³/mol. The molecule has 0 spiro atoms. The summed E-state index contributed by atoms with van der Waals surface area (Å²) < 4.78 is 0. The normalized spacial score (nSPS) is 12.3. The zero-order chi connectivity index (χ0) is 17.0. The van der Waals surface area contributed by atoms with Crippen LogP contribution >= 0.6 is 0 Å². The molecule has 2 atom stereocenters. The predicted octanol–water partition coefficient (Wildman–Crippen LogP) is -2.28. The average Bonchev–Trinajstić information content (AvgIpc) is 2.33. The van der Waals surface area contributed by atoms with Crippen LogP contribution in [-0.4, -0.2) is 57.9 Å². The molecule has 0 aromatic heterocycles. The van der Waals surface area contributed by atoms with Crippen LogP contribution < -0.4 is 22.5 Å². The topological polar surface area (TPSA) is 219 Å². The van der Waals surface area contributed by atoms with Crippen LogP contribution in [0.15, 0.2) is 0 Å². The van der Waals surface area contributed by atoms with E-state index in [2.05, 4.69) is 5.32 Å². The lowest BCUT2D eigenvalue weighted by Gasteiger charge is -2.05. The minimum absolute atomic E-state index is 0.329. The van der Waals surface area contributed by atoms with Crippen molar-refractivity contribution in [2.45, 2.75) is 31.3 Å². The first kappa shape index (κ1) is 20.9. The third-order valence-electron chi connectivity index (χ3n) is 2.02. The Balaban J connectivity index is 0. The van der Waals surface area contributed by atoms with Gasteiger partial charge in [0, 0.05) is 6.54 Å². The number of urea groups is 1. The molecule has 0 aliphatic heterocycles. The molecular weight excluding hydrogens is 288 g/mol. The molecule has 0 heterocycles. The number of carboxylic acid groups (broad SMARTS) is 3. The van der Waals surface area contributed by atoms with Crippen molar-refractivity contribution in [2.24, 2.45) is 17.2 Å². The molecule has 0 aromatic carbocycles. The Morgan fingerprint density at radius 2 is 1.43 bits per heavy atom. The van der Waals surface area contributed by atoms with E-state index >= 15 is 0 Å². The van der Waals surface area contributed by atoms with Crippen molar-refractivity contribution < 1.29 is 34.5 Å². The molecular formula is C10H20N4O7. The fourth-order valence-electron chi connectivity index (χ4n) is 0.932. The summed E-state index contributed by atoms with van der Waals surface area (Å²) in [4.78, 5) is 39.9. The van der Waals surface area contributed by atoms with E-state index in [0.29, 0.717) is 19.4 Å². The van der Waals surface area contributed by atoms with Crippen molar-refractivity contribution in [2.75, 3.05) is 6.54 Å². The molecule has 0 aliphatic rings. The minimum Gasteiger partial charge on any atom is -0.481 e. The van der Waals surface area contributed by atoms with Crippen molar-refractivity contribution in [3.63, 3.8) is 0 Å². The van der Waals surface area contributed by atoms with Gasteiger partial charge in [-0.1, -0.05) is 0 Å². The Bertz CT molecular complexity index is 374. The molecule has 2 amide bonds. The second kappa shape index (κ2) is 11.4. The third-order valence-corrected chi connectivity index (χ3v) is 2.02. The van der Waals surface area contributed by atoms with Crippen molar-refractivity contribution in [1.29, 1.82) is 0 Å². The number of hydrogen-bond acceptors (Lipinski definition) is 6. The van der Waals surface area contributed by atoms with E-state index in [4.69, 9.17) is 32.5 Å². The molecule has 0 bridgehead atoms. The lowest BCUT2D eigenvalue weighted by atomic mass is 10.2. The van der Waals surface area contributed by atoms with Crippen LogP contribution in [0.1, 0.15) is 19.3 Å². The van der Waals surface area contributed by atoms with Gasteiger partial charge in [-0.15, -0.1) is 0 Å². The van der Waals surface area contributed by atoms with Gasteiger partial charge in [-0.3, -0.25) is 14.4 Å². The summed E-state index contributed by atoms with van der Waals surface area (Å²) in [6.07, 6.45) is 0.307. The second-order valence-corrected chi connectivity index (χ2v) is 3.92. The van der Waals surface area contributed by atoms with Gasteiger partial charge < -0.3 is 37.8 Å². The summed E-state index contributed by atoms with van der Waals surface area (Å²) >= 11 is 0. The SMILES string of the molecule is NC(=O)NCCC[C@H](N)C(=O)O.N[C@@H](CC(=O)O)C(=O)O. The second-order valence-electron chi connectivity index (χ2n) is 3.92. The van der Waals surface area contributed by atoms with Gasteiger partial charge in [0.25, 0.3) is 0 Å². The van der Waals surface area contributed by atoms with Gasteiger partial charge in [0.15, 0.2) is 0 Å². The largest absolute Gasteiger partial charge is 0.481 e. The number of rotatable bonds is 8. The first-order valence-corrected chi connectivity index (χ1v) is 5.79. The number of nitrogens with two attached hydrogens (primary N) is 3. The van der Waals surface area contributed by atoms with Gasteiger partial charge in [-0.05, 0) is 12.8 Å². The van der Waals surface area contributed by atoms with Gasteiger partial charge in [-0.2, -0.15) is 0 Å². The molecule has 0 rings (SSSR count). The standard InChI is InChI=1S/C6H13N3O3.C4H7NO4/c7-4(5(10)11)2-1-3-9-6(8)12;5-2(4(8)9)1-3(6)7/h4H,1-3,7H2,(H,10,11)(H3,8,9,12);2H,1,5H2,(H,6,7)(H,8,9)/t4-;2-/m00/s1. The summed E-state index contributed by atoms with van der Waals surface area (Å²) in [6, 6.07) is -2.76. The maximum absolute atomic E-state index is 10.2. The summed E-state index contributed by atoms with van der Waals surface area (Å²) in [5.41, 5.74) is 14.8. The maximum Gasteiger partial charge on any atom is 0.321 e. The van der Waals surface area contributed by atoms with Crippen LogP contribution in [-0.2, 0) is 14.4 Å². The fraction of sp³-hybridized carbons (Fsp3) is 0.600. The smallest absolute Gasteiger partial charge is 0.321 e. The Kier molecular flexibility index (Phi) is 11.4. The molecule has 11 nitrogen and oxygen atoms in total. The highest BCUT2D eigenvalue weighted by Crippen LogP contribution is 1.92. The number of carbonyl (C=O) groups is 4. The fourth-order valence-corrected chi connectivity index (χ4v) is 0.932. The van der Waals surface area contributed by atoms with E-state index in [1.54, 1.807) is 0 Å². The molecule has 10 N–H and O–H groups in total. The van der Waals surface area contributed by atoms with Crippen LogP contribution in [0.3, 0.4) is 0 Å². The van der Waals surface area contributed by atoms with Gasteiger partial charge in [0.1, 0.15) is 12.1 Å². The highest BCUT2D eigenvalue weighted by molar-refractivity contribution is 5.80. The number of carbonyl (C=O) groups excluding carboxylic acids is 1. The summed E-state index contributed by atoms with van der Waals surface area (Å²) in [6.45, 7) is 0.357. The molecule has 122 valence electrons. The number of amides is 2. The van der Waals surface area contributed by atoms with E-state index < -0.39 is 42.4 Å². The van der Waals surface area contributed by atoms with E-state index in [1.165, 1.54) is 0 Å². The van der Waals surface area contributed by atoms with Crippen LogP contribution in [0.2, 0.25) is 0 Å². The number of primary amides is 1. The van der Waals surface area contributed by atoms with Crippen molar-refractivity contribution >= 4 is 23.9 Å². The Hall–Kier alpha value is -2.40. The minimum atomic E-state index is -1.29. The lowest BCUT2D eigenvalue weighted by molar-refractivity contribution is -0.144. The Labute approximate surface area is 120 Å². The summed E-state index contributed by atoms with van der Waals surface area (Å²) in [5.74, 6) is -3.53. The molecule has 0 saturated carbocycles. The summed E-state index contributed by atoms with van der Waals surface area (Å²) in [5, 5.41) is 26.7. The van der Waals surface area contributed by atoms with E-state index in [9.17, 15) is 19.2 Å². The molecule has 0 aliphatic carbocycles. The number of carboxylic acids is 3. The first-order valence-electron chi connectivity index (χ1n) is 5.79. The monoisotopic (exact) mass is 308 g/mol. The Morgan fingerprint density at radius 3 is 1.71 bits per heavy atom. The molecule has 0 unspecified atom stereocenters. The maximum atomic E-state index is 10.2.